The highest BCUT2D eigenvalue weighted by Crippen LogP contribution is 2.27. The third-order valence-electron chi connectivity index (χ3n) is 2.92. The van der Waals surface area contributed by atoms with E-state index < -0.39 is 0 Å². The van der Waals surface area contributed by atoms with Crippen molar-refractivity contribution in [1.29, 1.82) is 5.26 Å². The van der Waals surface area contributed by atoms with Gasteiger partial charge in [0.05, 0.1) is 17.1 Å². The van der Waals surface area contributed by atoms with Gasteiger partial charge >= 0.3 is 0 Å². The Morgan fingerprint density at radius 3 is 2.89 bits per heavy atom. The molecule has 0 spiro atoms. The van der Waals surface area contributed by atoms with Crippen LogP contribution in [0.4, 0.5) is 5.82 Å². The van der Waals surface area contributed by atoms with Gasteiger partial charge in [0.25, 0.3) is 0 Å². The van der Waals surface area contributed by atoms with Crippen molar-refractivity contribution < 1.29 is 0 Å². The number of rotatable bonds is 1. The highest BCUT2D eigenvalue weighted by atomic mass is 14.9. The number of nitriles is 1. The average Bonchev–Trinajstić information content (AvgIpc) is 2.47. The minimum absolute atomic E-state index is 0.425. The molecule has 0 aliphatic rings. The molecular weight excluding hydrogens is 238 g/mol. The zero-order valence-corrected chi connectivity index (χ0v) is 9.91. The lowest BCUT2D eigenvalue weighted by molar-refractivity contribution is 1.23. The van der Waals surface area contributed by atoms with Crippen LogP contribution < -0.4 is 5.73 Å². The van der Waals surface area contributed by atoms with Crippen LogP contribution in [0.3, 0.4) is 0 Å². The number of nitrogens with zero attached hydrogens (tertiary/aromatic N) is 4. The number of aromatic nitrogens is 3. The molecule has 2 heterocycles. The van der Waals surface area contributed by atoms with Crippen molar-refractivity contribution in [2.45, 2.75) is 0 Å². The second-order valence-electron chi connectivity index (χ2n) is 4.02. The lowest BCUT2D eigenvalue weighted by Gasteiger charge is -2.06. The Labute approximate surface area is 109 Å². The van der Waals surface area contributed by atoms with Crippen molar-refractivity contribution in [2.24, 2.45) is 0 Å². The molecule has 0 atom stereocenters. The average molecular weight is 247 g/mol. The minimum atomic E-state index is 0.425. The van der Waals surface area contributed by atoms with Gasteiger partial charge in [-0.1, -0.05) is 6.07 Å². The first kappa shape index (κ1) is 11.1. The Balaban J connectivity index is 2.27. The van der Waals surface area contributed by atoms with E-state index >= 15 is 0 Å². The van der Waals surface area contributed by atoms with E-state index in [1.807, 2.05) is 18.2 Å². The Hall–Kier alpha value is -3.00. The molecule has 2 aromatic heterocycles. The minimum Gasteiger partial charge on any atom is -0.383 e. The van der Waals surface area contributed by atoms with Crippen molar-refractivity contribution in [3.05, 3.63) is 48.5 Å². The van der Waals surface area contributed by atoms with Crippen molar-refractivity contribution in [3.63, 3.8) is 0 Å². The predicted molar refractivity (Wildman–Crippen MR) is 71.9 cm³/mol. The van der Waals surface area contributed by atoms with E-state index in [2.05, 4.69) is 21.0 Å². The molecule has 2 N–H and O–H groups in total. The van der Waals surface area contributed by atoms with Crippen molar-refractivity contribution in [3.8, 4) is 17.2 Å². The van der Waals surface area contributed by atoms with Crippen LogP contribution in [-0.4, -0.2) is 15.0 Å². The molecule has 0 amide bonds. The van der Waals surface area contributed by atoms with Crippen LogP contribution in [0.15, 0.2) is 43.0 Å². The summed E-state index contributed by atoms with van der Waals surface area (Å²) in [6, 6.07) is 9.47. The molecule has 1 aromatic carbocycles. The third-order valence-corrected chi connectivity index (χ3v) is 2.92. The summed E-state index contributed by atoms with van der Waals surface area (Å²) in [6.07, 6.45) is 4.70. The molecule has 0 aliphatic heterocycles. The quantitative estimate of drug-likeness (QED) is 0.711. The van der Waals surface area contributed by atoms with E-state index in [4.69, 9.17) is 11.0 Å². The molecule has 5 heteroatoms. The normalized spacial score (nSPS) is 10.3. The third kappa shape index (κ3) is 1.85. The van der Waals surface area contributed by atoms with Gasteiger partial charge in [-0.15, -0.1) is 0 Å². The summed E-state index contributed by atoms with van der Waals surface area (Å²) in [4.78, 5) is 12.2. The van der Waals surface area contributed by atoms with Gasteiger partial charge in [0, 0.05) is 23.3 Å². The van der Waals surface area contributed by atoms with Crippen molar-refractivity contribution >= 4 is 16.7 Å². The van der Waals surface area contributed by atoms with Gasteiger partial charge in [0.1, 0.15) is 12.1 Å². The molecule has 0 radical (unpaired) electrons. The van der Waals surface area contributed by atoms with E-state index in [0.29, 0.717) is 11.4 Å². The molecule has 3 rings (SSSR count). The SMILES string of the molecule is N#Cc1ccncc1-c1ccc2ncnc(N)c2c1. The van der Waals surface area contributed by atoms with Crippen LogP contribution in [0.2, 0.25) is 0 Å². The molecule has 0 saturated carbocycles. The summed E-state index contributed by atoms with van der Waals surface area (Å²) < 4.78 is 0. The molecule has 0 aliphatic carbocycles. The van der Waals surface area contributed by atoms with Crippen molar-refractivity contribution in [2.75, 3.05) is 5.73 Å². The zero-order valence-electron chi connectivity index (χ0n) is 9.91. The van der Waals surface area contributed by atoms with E-state index in [-0.39, 0.29) is 0 Å². The maximum absolute atomic E-state index is 9.12. The molecule has 0 unspecified atom stereocenters. The summed E-state index contributed by atoms with van der Waals surface area (Å²) in [6.45, 7) is 0. The van der Waals surface area contributed by atoms with Gasteiger partial charge in [0.2, 0.25) is 0 Å². The Morgan fingerprint density at radius 1 is 1.16 bits per heavy atom. The second-order valence-corrected chi connectivity index (χ2v) is 4.02. The summed E-state index contributed by atoms with van der Waals surface area (Å²) >= 11 is 0. The summed E-state index contributed by atoms with van der Waals surface area (Å²) in [7, 11) is 0. The van der Waals surface area contributed by atoms with Crippen LogP contribution >= 0.6 is 0 Å². The molecule has 3 aromatic rings. The largest absolute Gasteiger partial charge is 0.383 e. The highest BCUT2D eigenvalue weighted by Gasteiger charge is 2.07. The molecular formula is C14H9N5. The Morgan fingerprint density at radius 2 is 2.05 bits per heavy atom. The number of anilines is 1. The second kappa shape index (κ2) is 4.35. The summed E-state index contributed by atoms with van der Waals surface area (Å²) in [5.74, 6) is 0.425. The van der Waals surface area contributed by atoms with Gasteiger partial charge in [-0.3, -0.25) is 4.98 Å². The molecule has 0 fully saturated rings. The van der Waals surface area contributed by atoms with Crippen LogP contribution in [0.25, 0.3) is 22.0 Å². The fourth-order valence-electron chi connectivity index (χ4n) is 1.97. The number of nitrogens with two attached hydrogens (primary N) is 1. The summed E-state index contributed by atoms with van der Waals surface area (Å²) in [5, 5.41) is 9.89. The first-order valence-electron chi connectivity index (χ1n) is 5.64. The van der Waals surface area contributed by atoms with Gasteiger partial charge in [-0.25, -0.2) is 9.97 Å². The lowest BCUT2D eigenvalue weighted by atomic mass is 10.0. The predicted octanol–water partition coefficient (Wildman–Crippen LogP) is 2.15. The topological polar surface area (TPSA) is 88.5 Å². The van der Waals surface area contributed by atoms with Crippen LogP contribution in [0, 0.1) is 11.3 Å². The maximum atomic E-state index is 9.12. The molecule has 5 nitrogen and oxygen atoms in total. The molecule has 0 saturated heterocycles. The fourth-order valence-corrected chi connectivity index (χ4v) is 1.97. The van der Waals surface area contributed by atoms with Gasteiger partial charge in [0.15, 0.2) is 0 Å². The van der Waals surface area contributed by atoms with E-state index in [1.54, 1.807) is 18.5 Å². The summed E-state index contributed by atoms with van der Waals surface area (Å²) in [5.41, 5.74) is 8.84. The maximum Gasteiger partial charge on any atom is 0.134 e. The Kier molecular flexibility index (Phi) is 2.54. The monoisotopic (exact) mass is 247 g/mol. The highest BCUT2D eigenvalue weighted by molar-refractivity contribution is 5.92. The Bertz CT molecular complexity index is 804. The van der Waals surface area contributed by atoms with Gasteiger partial charge in [-0.05, 0) is 23.8 Å². The number of benzene rings is 1. The van der Waals surface area contributed by atoms with Gasteiger partial charge in [-0.2, -0.15) is 5.26 Å². The number of hydrogen-bond acceptors (Lipinski definition) is 5. The smallest absolute Gasteiger partial charge is 0.134 e. The molecule has 90 valence electrons. The van der Waals surface area contributed by atoms with Crippen LogP contribution in [0.1, 0.15) is 5.56 Å². The standard InChI is InChI=1S/C14H9N5/c15-6-10-3-4-17-7-12(10)9-1-2-13-11(5-9)14(16)19-8-18-13/h1-5,7-8H,(H2,16,18,19). The molecule has 0 bridgehead atoms. The zero-order chi connectivity index (χ0) is 13.2. The fraction of sp³-hybridized carbons (Fsp3) is 0. The van der Waals surface area contributed by atoms with Crippen molar-refractivity contribution in [1.82, 2.24) is 15.0 Å². The number of pyridine rings is 1. The number of hydrogen-bond donors (Lipinski definition) is 1. The number of nitrogen functional groups attached to an aromatic ring is 1. The van der Waals surface area contributed by atoms with Crippen LogP contribution in [0.5, 0.6) is 0 Å². The first-order chi connectivity index (χ1) is 9.29. The van der Waals surface area contributed by atoms with E-state index in [9.17, 15) is 0 Å². The first-order valence-corrected chi connectivity index (χ1v) is 5.64. The lowest BCUT2D eigenvalue weighted by Crippen LogP contribution is -1.94. The van der Waals surface area contributed by atoms with E-state index in [1.165, 1.54) is 6.33 Å². The van der Waals surface area contributed by atoms with Gasteiger partial charge < -0.3 is 5.73 Å². The van der Waals surface area contributed by atoms with Crippen LogP contribution in [-0.2, 0) is 0 Å². The molecule has 19 heavy (non-hydrogen) atoms. The van der Waals surface area contributed by atoms with E-state index in [0.717, 1.165) is 22.0 Å². The number of fused-ring (bicyclic) bond motifs is 1.